The molecule has 6 rings (SSSR count). The number of aromatic nitrogens is 1. The molecule has 0 fully saturated rings. The third kappa shape index (κ3) is 5.08. The van der Waals surface area contributed by atoms with E-state index in [1.165, 1.54) is 54.5 Å². The monoisotopic (exact) mass is 512 g/mol. The van der Waals surface area contributed by atoms with Crippen molar-refractivity contribution in [2.75, 3.05) is 13.1 Å². The molecular weight excluding hydrogens is 478 g/mol. The second kappa shape index (κ2) is 11.2. The first-order valence-electron chi connectivity index (χ1n) is 14.0. The smallest absolute Gasteiger partial charge is 0.220 e. The summed E-state index contributed by atoms with van der Waals surface area (Å²) in [7, 11) is 0. The van der Waals surface area contributed by atoms with Crippen molar-refractivity contribution in [3.05, 3.63) is 102 Å². The van der Waals surface area contributed by atoms with Crippen LogP contribution in [0.25, 0.3) is 55.4 Å². The van der Waals surface area contributed by atoms with E-state index in [2.05, 4.69) is 113 Å². The van der Waals surface area contributed by atoms with Gasteiger partial charge in [0.2, 0.25) is 17.1 Å². The van der Waals surface area contributed by atoms with Crippen LogP contribution in [0.5, 0.6) is 0 Å². The van der Waals surface area contributed by atoms with Crippen molar-refractivity contribution in [2.45, 2.75) is 32.2 Å². The number of carbonyl (C=O) groups excluding carboxylic acids is 1. The molecule has 0 saturated heterocycles. The SMILES string of the molecule is NCCNC(=O)CCCCC[n+]1c(/C=C/c2ccc3ccc4cccc5ccc2c3c45)ccc2ccccc21. The van der Waals surface area contributed by atoms with Crippen LogP contribution in [0.15, 0.2) is 91.0 Å². The number of para-hydroxylation sites is 1. The first-order valence-corrected chi connectivity index (χ1v) is 14.0. The lowest BCUT2D eigenvalue weighted by atomic mass is 9.92. The number of hydrogen-bond acceptors (Lipinski definition) is 2. The summed E-state index contributed by atoms with van der Waals surface area (Å²) in [5.41, 5.74) is 9.12. The third-order valence-corrected chi connectivity index (χ3v) is 7.72. The molecule has 5 aromatic carbocycles. The summed E-state index contributed by atoms with van der Waals surface area (Å²) in [4.78, 5) is 11.9. The quantitative estimate of drug-likeness (QED) is 0.120. The van der Waals surface area contributed by atoms with E-state index < -0.39 is 0 Å². The van der Waals surface area contributed by atoms with Gasteiger partial charge in [-0.3, -0.25) is 4.79 Å². The van der Waals surface area contributed by atoms with Gasteiger partial charge in [0.25, 0.3) is 0 Å². The normalized spacial score (nSPS) is 11.9. The second-order valence-corrected chi connectivity index (χ2v) is 10.3. The summed E-state index contributed by atoms with van der Waals surface area (Å²) in [6.45, 7) is 1.94. The van der Waals surface area contributed by atoms with E-state index in [1.54, 1.807) is 0 Å². The van der Waals surface area contributed by atoms with Crippen molar-refractivity contribution in [1.29, 1.82) is 0 Å². The summed E-state index contributed by atoms with van der Waals surface area (Å²) < 4.78 is 2.41. The van der Waals surface area contributed by atoms with Crippen LogP contribution in [-0.2, 0) is 11.3 Å². The van der Waals surface area contributed by atoms with Crippen LogP contribution >= 0.6 is 0 Å². The minimum absolute atomic E-state index is 0.0928. The summed E-state index contributed by atoms with van der Waals surface area (Å²) in [6, 6.07) is 33.0. The zero-order valence-corrected chi connectivity index (χ0v) is 22.2. The lowest BCUT2D eigenvalue weighted by Gasteiger charge is -2.12. The highest BCUT2D eigenvalue weighted by molar-refractivity contribution is 6.24. The Labute approximate surface area is 229 Å². The maximum Gasteiger partial charge on any atom is 0.220 e. The van der Waals surface area contributed by atoms with Crippen molar-refractivity contribution >= 4 is 61.3 Å². The van der Waals surface area contributed by atoms with Gasteiger partial charge in [-0.05, 0) is 68.9 Å². The van der Waals surface area contributed by atoms with E-state index in [-0.39, 0.29) is 5.91 Å². The summed E-state index contributed by atoms with van der Waals surface area (Å²) in [5.74, 6) is 0.0928. The van der Waals surface area contributed by atoms with Gasteiger partial charge in [-0.25, -0.2) is 0 Å². The first kappa shape index (κ1) is 25.0. The van der Waals surface area contributed by atoms with E-state index in [0.29, 0.717) is 19.5 Å². The number of nitrogens with two attached hydrogens (primary N) is 1. The number of nitrogens with one attached hydrogen (secondary N) is 1. The zero-order chi connectivity index (χ0) is 26.6. The Balaban J connectivity index is 1.29. The number of nitrogens with zero attached hydrogens (tertiary/aromatic N) is 1. The minimum Gasteiger partial charge on any atom is -0.355 e. The molecule has 194 valence electrons. The van der Waals surface area contributed by atoms with Crippen LogP contribution in [0.3, 0.4) is 0 Å². The van der Waals surface area contributed by atoms with E-state index in [4.69, 9.17) is 5.73 Å². The molecule has 0 aliphatic rings. The molecule has 1 aromatic heterocycles. The molecule has 0 atom stereocenters. The predicted octanol–water partition coefficient (Wildman–Crippen LogP) is 6.83. The average Bonchev–Trinajstić information content (AvgIpc) is 2.98. The maximum atomic E-state index is 11.9. The lowest BCUT2D eigenvalue weighted by molar-refractivity contribution is -0.673. The molecule has 39 heavy (non-hydrogen) atoms. The number of carbonyl (C=O) groups is 1. The molecule has 4 nitrogen and oxygen atoms in total. The molecule has 0 aliphatic heterocycles. The molecule has 0 bridgehead atoms. The average molecular weight is 513 g/mol. The topological polar surface area (TPSA) is 59.0 Å². The molecule has 0 aliphatic carbocycles. The Kier molecular flexibility index (Phi) is 7.20. The van der Waals surface area contributed by atoms with Crippen molar-refractivity contribution in [1.82, 2.24) is 5.32 Å². The number of hydrogen-bond donors (Lipinski definition) is 2. The summed E-state index contributed by atoms with van der Waals surface area (Å²) >= 11 is 0. The number of amides is 1. The van der Waals surface area contributed by atoms with E-state index in [9.17, 15) is 4.79 Å². The first-order chi connectivity index (χ1) is 19.2. The third-order valence-electron chi connectivity index (χ3n) is 7.72. The molecular formula is C35H34N3O+. The van der Waals surface area contributed by atoms with Gasteiger partial charge in [0.1, 0.15) is 6.54 Å². The van der Waals surface area contributed by atoms with Crippen molar-refractivity contribution in [2.24, 2.45) is 5.73 Å². The Bertz CT molecular complexity index is 1790. The fraction of sp³-hybridized carbons (Fsp3) is 0.200. The second-order valence-electron chi connectivity index (χ2n) is 10.3. The highest BCUT2D eigenvalue weighted by atomic mass is 16.1. The molecule has 6 aromatic rings. The summed E-state index contributed by atoms with van der Waals surface area (Å²) in [6.07, 6.45) is 7.97. The van der Waals surface area contributed by atoms with Gasteiger partial charge in [0, 0.05) is 49.5 Å². The highest BCUT2D eigenvalue weighted by Gasteiger charge is 2.14. The van der Waals surface area contributed by atoms with Gasteiger partial charge in [-0.15, -0.1) is 0 Å². The number of fused-ring (bicyclic) bond motifs is 1. The van der Waals surface area contributed by atoms with Crippen LogP contribution in [0, 0.1) is 0 Å². The van der Waals surface area contributed by atoms with Crippen molar-refractivity contribution in [3.8, 4) is 0 Å². The molecule has 1 heterocycles. The predicted molar refractivity (Wildman–Crippen MR) is 164 cm³/mol. The van der Waals surface area contributed by atoms with Gasteiger partial charge >= 0.3 is 0 Å². The van der Waals surface area contributed by atoms with E-state index in [0.717, 1.165) is 25.8 Å². The molecule has 0 saturated carbocycles. The van der Waals surface area contributed by atoms with Crippen LogP contribution in [0.1, 0.15) is 36.9 Å². The summed E-state index contributed by atoms with van der Waals surface area (Å²) in [5, 5.41) is 11.9. The van der Waals surface area contributed by atoms with Crippen LogP contribution < -0.4 is 15.6 Å². The van der Waals surface area contributed by atoms with Gasteiger partial charge in [-0.2, -0.15) is 4.57 Å². The number of aryl methyl sites for hydroxylation is 1. The Morgan fingerprint density at radius 3 is 2.28 bits per heavy atom. The van der Waals surface area contributed by atoms with Gasteiger partial charge in [-0.1, -0.05) is 66.7 Å². The molecule has 4 heteroatoms. The molecule has 0 radical (unpaired) electrons. The Morgan fingerprint density at radius 2 is 1.44 bits per heavy atom. The fourth-order valence-electron chi connectivity index (χ4n) is 5.78. The van der Waals surface area contributed by atoms with Crippen LogP contribution in [-0.4, -0.2) is 19.0 Å². The van der Waals surface area contributed by atoms with Crippen LogP contribution in [0.4, 0.5) is 0 Å². The van der Waals surface area contributed by atoms with Gasteiger partial charge in [0.05, 0.1) is 0 Å². The van der Waals surface area contributed by atoms with E-state index >= 15 is 0 Å². The zero-order valence-electron chi connectivity index (χ0n) is 22.2. The molecule has 3 N–H and O–H groups in total. The van der Waals surface area contributed by atoms with Gasteiger partial charge in [0.15, 0.2) is 0 Å². The molecule has 0 unspecified atom stereocenters. The van der Waals surface area contributed by atoms with E-state index in [1.807, 2.05) is 0 Å². The Morgan fingerprint density at radius 1 is 0.718 bits per heavy atom. The minimum atomic E-state index is 0.0928. The highest BCUT2D eigenvalue weighted by Crippen LogP contribution is 2.36. The number of rotatable bonds is 10. The fourth-order valence-corrected chi connectivity index (χ4v) is 5.78. The Hall–Kier alpha value is -4.28. The van der Waals surface area contributed by atoms with Crippen molar-refractivity contribution < 1.29 is 9.36 Å². The standard InChI is InChI=1S/C35H33N3O/c36-22-23-37-33(39)11-2-1-5-24-38-30(20-17-26-7-3-4-10-32(26)38)19-16-25-12-13-29-15-14-27-8-6-9-28-18-21-31(25)35(29)34(27)28/h3-4,6-10,12-21H,1-2,5,11,22-24,36H2/p+1/b19-16+. The number of benzene rings is 5. The molecule has 1 amide bonds. The maximum absolute atomic E-state index is 11.9. The largest absolute Gasteiger partial charge is 0.355 e. The van der Waals surface area contributed by atoms with Crippen molar-refractivity contribution in [3.63, 3.8) is 0 Å². The lowest BCUT2D eigenvalue weighted by Crippen LogP contribution is -2.38. The van der Waals surface area contributed by atoms with Crippen LogP contribution in [0.2, 0.25) is 0 Å². The number of unbranched alkanes of at least 4 members (excludes halogenated alkanes) is 2. The molecule has 0 spiro atoms. The number of pyridine rings is 1. The van der Waals surface area contributed by atoms with Gasteiger partial charge < -0.3 is 11.1 Å².